The first-order valence-corrected chi connectivity index (χ1v) is 7.72. The largest absolute Gasteiger partial charge is 0.497 e. The Labute approximate surface area is 140 Å². The smallest absolute Gasteiger partial charge is 0.304 e. The summed E-state index contributed by atoms with van der Waals surface area (Å²) >= 11 is 0. The van der Waals surface area contributed by atoms with Gasteiger partial charge in [0.25, 0.3) is 0 Å². The van der Waals surface area contributed by atoms with Crippen LogP contribution in [-0.2, 0) is 21.5 Å². The molecule has 2 aromatic carbocycles. The van der Waals surface area contributed by atoms with Gasteiger partial charge in [0, 0.05) is 5.69 Å². The van der Waals surface area contributed by atoms with E-state index in [1.54, 1.807) is 31.1 Å². The summed E-state index contributed by atoms with van der Waals surface area (Å²) in [5.74, 6) is -0.585. The quantitative estimate of drug-likeness (QED) is 0.918. The third-order valence-electron chi connectivity index (χ3n) is 4.49. The third kappa shape index (κ3) is 2.62. The fraction of sp³-hybridized carbons (Fsp3) is 0.263. The summed E-state index contributed by atoms with van der Waals surface area (Å²) in [6, 6.07) is 15.0. The van der Waals surface area contributed by atoms with Crippen LogP contribution in [0.3, 0.4) is 0 Å². The second-order valence-corrected chi connectivity index (χ2v) is 6.16. The Morgan fingerprint density at radius 1 is 1.21 bits per heavy atom. The topological polar surface area (TPSA) is 66.8 Å². The Balaban J connectivity index is 2.07. The predicted octanol–water partition coefficient (Wildman–Crippen LogP) is 2.97. The van der Waals surface area contributed by atoms with Gasteiger partial charge in [0.05, 0.1) is 25.5 Å². The first kappa shape index (κ1) is 16.1. The van der Waals surface area contributed by atoms with Crippen LogP contribution in [0.15, 0.2) is 48.5 Å². The number of amides is 1. The lowest BCUT2D eigenvalue weighted by Gasteiger charge is -2.23. The van der Waals surface area contributed by atoms with Crippen LogP contribution in [0.4, 0.5) is 5.69 Å². The molecule has 24 heavy (non-hydrogen) atoms. The number of nitrogens with zero attached hydrogens (tertiary/aromatic N) is 1. The fourth-order valence-corrected chi connectivity index (χ4v) is 3.24. The maximum atomic E-state index is 13.0. The fourth-order valence-electron chi connectivity index (χ4n) is 3.24. The second-order valence-electron chi connectivity index (χ2n) is 6.16. The van der Waals surface area contributed by atoms with Crippen LogP contribution >= 0.6 is 0 Å². The van der Waals surface area contributed by atoms with Crippen molar-refractivity contribution in [1.82, 2.24) is 0 Å². The van der Waals surface area contributed by atoms with Crippen molar-refractivity contribution in [2.75, 3.05) is 12.0 Å². The first-order chi connectivity index (χ1) is 11.5. The van der Waals surface area contributed by atoms with Gasteiger partial charge in [-0.15, -0.1) is 0 Å². The van der Waals surface area contributed by atoms with Crippen molar-refractivity contribution in [2.45, 2.75) is 25.3 Å². The Hall–Kier alpha value is -2.82. The number of anilines is 1. The molecule has 5 nitrogen and oxygen atoms in total. The van der Waals surface area contributed by atoms with E-state index in [9.17, 15) is 14.7 Å². The predicted molar refractivity (Wildman–Crippen MR) is 90.2 cm³/mol. The third-order valence-corrected chi connectivity index (χ3v) is 4.49. The first-order valence-electron chi connectivity index (χ1n) is 7.72. The number of fused-ring (bicyclic) bond motifs is 1. The van der Waals surface area contributed by atoms with Gasteiger partial charge in [-0.25, -0.2) is 0 Å². The Bertz CT molecular complexity index is 787. The maximum Gasteiger partial charge on any atom is 0.304 e. The number of rotatable bonds is 5. The minimum absolute atomic E-state index is 0.197. The monoisotopic (exact) mass is 325 g/mol. The normalized spacial score (nSPS) is 19.2. The van der Waals surface area contributed by atoms with E-state index in [-0.39, 0.29) is 12.3 Å². The highest BCUT2D eigenvalue weighted by atomic mass is 16.5. The SMILES string of the molecule is COc1ccc2c(c1)C(C)(CC(=O)O)C(=O)N2Cc1ccccc1. The highest BCUT2D eigenvalue weighted by molar-refractivity contribution is 6.09. The molecule has 1 amide bonds. The molecular formula is C19H19NO4. The van der Waals surface area contributed by atoms with Gasteiger partial charge in [0.15, 0.2) is 0 Å². The molecule has 1 unspecified atom stereocenters. The molecular weight excluding hydrogens is 306 g/mol. The molecule has 0 fully saturated rings. The Morgan fingerprint density at radius 3 is 2.54 bits per heavy atom. The van der Waals surface area contributed by atoms with E-state index < -0.39 is 11.4 Å². The Morgan fingerprint density at radius 2 is 1.92 bits per heavy atom. The number of aliphatic carboxylic acids is 1. The maximum absolute atomic E-state index is 13.0. The molecule has 1 heterocycles. The number of carbonyl (C=O) groups is 2. The lowest BCUT2D eigenvalue weighted by Crippen LogP contribution is -2.39. The van der Waals surface area contributed by atoms with Crippen molar-refractivity contribution < 1.29 is 19.4 Å². The van der Waals surface area contributed by atoms with Crippen LogP contribution < -0.4 is 9.64 Å². The van der Waals surface area contributed by atoms with Gasteiger partial charge in [0.1, 0.15) is 5.75 Å². The van der Waals surface area contributed by atoms with Crippen LogP contribution in [0.5, 0.6) is 5.75 Å². The number of hydrogen-bond donors (Lipinski definition) is 1. The highest BCUT2D eigenvalue weighted by Crippen LogP contribution is 2.46. The molecule has 3 rings (SSSR count). The highest BCUT2D eigenvalue weighted by Gasteiger charge is 2.48. The molecule has 0 spiro atoms. The lowest BCUT2D eigenvalue weighted by atomic mass is 9.80. The number of hydrogen-bond acceptors (Lipinski definition) is 3. The minimum atomic E-state index is -1.09. The zero-order valence-electron chi connectivity index (χ0n) is 13.7. The van der Waals surface area contributed by atoms with Gasteiger partial charge < -0.3 is 14.7 Å². The van der Waals surface area contributed by atoms with Crippen LogP contribution in [0.25, 0.3) is 0 Å². The van der Waals surface area contributed by atoms with Gasteiger partial charge in [-0.1, -0.05) is 30.3 Å². The van der Waals surface area contributed by atoms with Gasteiger partial charge in [-0.05, 0) is 36.2 Å². The molecule has 124 valence electrons. The van der Waals surface area contributed by atoms with Crippen molar-refractivity contribution in [3.8, 4) is 5.75 Å². The van der Waals surface area contributed by atoms with E-state index in [0.29, 0.717) is 17.9 Å². The zero-order chi connectivity index (χ0) is 17.3. The number of benzene rings is 2. The molecule has 0 aliphatic carbocycles. The molecule has 1 N–H and O–H groups in total. The molecule has 0 saturated heterocycles. The van der Waals surface area contributed by atoms with Crippen LogP contribution in [0, 0.1) is 0 Å². The van der Waals surface area contributed by atoms with Crippen molar-refractivity contribution in [2.24, 2.45) is 0 Å². The molecule has 1 aliphatic rings. The van der Waals surface area contributed by atoms with Crippen LogP contribution in [-0.4, -0.2) is 24.1 Å². The summed E-state index contributed by atoms with van der Waals surface area (Å²) in [4.78, 5) is 26.0. The summed E-state index contributed by atoms with van der Waals surface area (Å²) in [7, 11) is 1.55. The summed E-state index contributed by atoms with van der Waals surface area (Å²) in [6.07, 6.45) is -0.253. The van der Waals surface area contributed by atoms with Crippen molar-refractivity contribution in [3.05, 3.63) is 59.7 Å². The van der Waals surface area contributed by atoms with E-state index in [0.717, 1.165) is 11.3 Å². The number of carbonyl (C=O) groups excluding carboxylic acids is 1. The van der Waals surface area contributed by atoms with E-state index in [2.05, 4.69) is 0 Å². The molecule has 0 radical (unpaired) electrons. The molecule has 0 aromatic heterocycles. The average Bonchev–Trinajstić information content (AvgIpc) is 2.77. The summed E-state index contributed by atoms with van der Waals surface area (Å²) < 4.78 is 5.25. The second kappa shape index (κ2) is 6.00. The van der Waals surface area contributed by atoms with Crippen molar-refractivity contribution in [3.63, 3.8) is 0 Å². The number of ether oxygens (including phenoxy) is 1. The molecule has 0 saturated carbocycles. The lowest BCUT2D eigenvalue weighted by molar-refractivity contribution is -0.141. The molecule has 1 aliphatic heterocycles. The van der Waals surface area contributed by atoms with Crippen LogP contribution in [0.1, 0.15) is 24.5 Å². The van der Waals surface area contributed by atoms with Crippen molar-refractivity contribution >= 4 is 17.6 Å². The number of carboxylic acid groups (broad SMARTS) is 1. The van der Waals surface area contributed by atoms with E-state index in [4.69, 9.17) is 4.74 Å². The van der Waals surface area contributed by atoms with Gasteiger partial charge in [-0.3, -0.25) is 9.59 Å². The standard InChI is InChI=1S/C19H19NO4/c1-19(11-17(21)22)15-10-14(24-2)8-9-16(15)20(18(19)23)12-13-6-4-3-5-7-13/h3-10H,11-12H2,1-2H3,(H,21,22). The van der Waals surface area contributed by atoms with Gasteiger partial charge >= 0.3 is 5.97 Å². The van der Waals surface area contributed by atoms with Crippen molar-refractivity contribution in [1.29, 1.82) is 0 Å². The Kier molecular flexibility index (Phi) is 4.01. The minimum Gasteiger partial charge on any atom is -0.497 e. The average molecular weight is 325 g/mol. The van der Waals surface area contributed by atoms with Gasteiger partial charge in [-0.2, -0.15) is 0 Å². The molecule has 0 bridgehead atoms. The molecule has 1 atom stereocenters. The zero-order valence-corrected chi connectivity index (χ0v) is 13.7. The van der Waals surface area contributed by atoms with Gasteiger partial charge in [0.2, 0.25) is 5.91 Å². The molecule has 2 aromatic rings. The van der Waals surface area contributed by atoms with E-state index in [1.165, 1.54) is 0 Å². The van der Waals surface area contributed by atoms with E-state index in [1.807, 2.05) is 36.4 Å². The number of carboxylic acids is 1. The summed E-state index contributed by atoms with van der Waals surface area (Å²) in [5.41, 5.74) is 1.34. The molecule has 5 heteroatoms. The number of methoxy groups -OCH3 is 1. The summed E-state index contributed by atoms with van der Waals surface area (Å²) in [5, 5.41) is 9.28. The summed E-state index contributed by atoms with van der Waals surface area (Å²) in [6.45, 7) is 2.10. The van der Waals surface area contributed by atoms with E-state index >= 15 is 0 Å². The van der Waals surface area contributed by atoms with Crippen LogP contribution in [0.2, 0.25) is 0 Å².